The first-order chi connectivity index (χ1) is 9.97. The van der Waals surface area contributed by atoms with E-state index in [2.05, 4.69) is 16.8 Å². The van der Waals surface area contributed by atoms with Crippen LogP contribution in [0.1, 0.15) is 25.5 Å². The number of amides is 1. The first kappa shape index (κ1) is 13.9. The molecule has 1 aliphatic rings. The molecule has 2 aromatic rings. The number of ether oxygens (including phenoxy) is 1. The number of fused-ring (bicyclic) bond motifs is 1. The van der Waals surface area contributed by atoms with Gasteiger partial charge in [0.2, 0.25) is 0 Å². The number of thiophene rings is 1. The van der Waals surface area contributed by atoms with Gasteiger partial charge >= 0.3 is 6.09 Å². The van der Waals surface area contributed by atoms with E-state index in [0.717, 1.165) is 22.4 Å². The molecule has 1 amide bonds. The van der Waals surface area contributed by atoms with Gasteiger partial charge in [-0.15, -0.1) is 0 Å². The van der Waals surface area contributed by atoms with Gasteiger partial charge in [-0.2, -0.15) is 11.3 Å². The number of carbonyl (C=O) groups is 1. The molecule has 0 saturated heterocycles. The van der Waals surface area contributed by atoms with Crippen LogP contribution in [0, 0.1) is 5.41 Å². The molecule has 1 aromatic heterocycles. The quantitative estimate of drug-likeness (QED) is 0.876. The van der Waals surface area contributed by atoms with Crippen LogP contribution in [-0.4, -0.2) is 17.8 Å². The molecule has 2 N–H and O–H groups in total. The van der Waals surface area contributed by atoms with Crippen molar-refractivity contribution in [3.05, 3.63) is 40.6 Å². The average Bonchev–Trinajstić information content (AvgIpc) is 2.95. The number of carboxylic acid groups (broad SMARTS) is 1. The van der Waals surface area contributed by atoms with E-state index < -0.39 is 6.09 Å². The standard InChI is InChI=1S/C16H17NO3S/c1-16(2)9-20-13-7-10(11-5-6-21-8-11)3-4-12(13)14(16)17-15(18)19/h3-8,14,17H,9H2,1-2H3,(H,18,19). The normalized spacial score (nSPS) is 19.4. The predicted octanol–water partition coefficient (Wildman–Crippen LogP) is 4.14. The number of nitrogens with one attached hydrogen (secondary N) is 1. The molecule has 0 radical (unpaired) electrons. The Hall–Kier alpha value is -2.01. The van der Waals surface area contributed by atoms with Crippen molar-refractivity contribution in [2.24, 2.45) is 5.41 Å². The topological polar surface area (TPSA) is 58.6 Å². The summed E-state index contributed by atoms with van der Waals surface area (Å²) in [6, 6.07) is 7.76. The smallest absolute Gasteiger partial charge is 0.405 e. The van der Waals surface area contributed by atoms with Crippen molar-refractivity contribution in [2.45, 2.75) is 19.9 Å². The van der Waals surface area contributed by atoms with Gasteiger partial charge in [0, 0.05) is 11.0 Å². The second-order valence-electron chi connectivity index (χ2n) is 5.92. The van der Waals surface area contributed by atoms with Gasteiger partial charge in [-0.05, 0) is 34.0 Å². The maximum absolute atomic E-state index is 11.1. The first-order valence-corrected chi connectivity index (χ1v) is 7.70. The van der Waals surface area contributed by atoms with E-state index in [1.54, 1.807) is 11.3 Å². The van der Waals surface area contributed by atoms with E-state index in [4.69, 9.17) is 9.84 Å². The molecule has 0 aliphatic carbocycles. The van der Waals surface area contributed by atoms with Crippen molar-refractivity contribution in [2.75, 3.05) is 6.61 Å². The Kier molecular flexibility index (Phi) is 3.37. The number of benzene rings is 1. The zero-order valence-electron chi connectivity index (χ0n) is 11.9. The zero-order chi connectivity index (χ0) is 15.0. The Morgan fingerprint density at radius 3 is 2.86 bits per heavy atom. The first-order valence-electron chi connectivity index (χ1n) is 6.76. The van der Waals surface area contributed by atoms with Crippen LogP contribution >= 0.6 is 11.3 Å². The Balaban J connectivity index is 2.02. The van der Waals surface area contributed by atoms with Gasteiger partial charge in [0.05, 0.1) is 12.6 Å². The molecule has 0 spiro atoms. The summed E-state index contributed by atoms with van der Waals surface area (Å²) >= 11 is 1.65. The lowest BCUT2D eigenvalue weighted by molar-refractivity contribution is 0.0996. The lowest BCUT2D eigenvalue weighted by Gasteiger charge is -2.39. The van der Waals surface area contributed by atoms with E-state index in [-0.39, 0.29) is 11.5 Å². The summed E-state index contributed by atoms with van der Waals surface area (Å²) in [5.74, 6) is 0.761. The Bertz CT molecular complexity index is 664. The monoisotopic (exact) mass is 303 g/mol. The lowest BCUT2D eigenvalue weighted by atomic mass is 9.78. The molecule has 0 bridgehead atoms. The fraction of sp³-hybridized carbons (Fsp3) is 0.312. The highest BCUT2D eigenvalue weighted by atomic mass is 32.1. The third-order valence-corrected chi connectivity index (χ3v) is 4.51. The minimum atomic E-state index is -1.01. The van der Waals surface area contributed by atoms with E-state index in [0.29, 0.717) is 6.61 Å². The molecular formula is C16H17NO3S. The molecule has 5 heteroatoms. The molecule has 2 heterocycles. The van der Waals surface area contributed by atoms with E-state index in [9.17, 15) is 4.79 Å². The van der Waals surface area contributed by atoms with E-state index in [1.165, 1.54) is 0 Å². The molecule has 4 nitrogen and oxygen atoms in total. The van der Waals surface area contributed by atoms with E-state index >= 15 is 0 Å². The summed E-state index contributed by atoms with van der Waals surface area (Å²) in [4.78, 5) is 11.1. The Morgan fingerprint density at radius 2 is 2.19 bits per heavy atom. The summed E-state index contributed by atoms with van der Waals surface area (Å²) in [6.07, 6.45) is -1.01. The van der Waals surface area contributed by atoms with Crippen LogP contribution in [-0.2, 0) is 0 Å². The van der Waals surface area contributed by atoms with Crippen LogP contribution in [0.15, 0.2) is 35.0 Å². The number of rotatable bonds is 2. The van der Waals surface area contributed by atoms with Gasteiger partial charge in [-0.3, -0.25) is 0 Å². The highest BCUT2D eigenvalue weighted by molar-refractivity contribution is 7.08. The third-order valence-electron chi connectivity index (χ3n) is 3.83. The van der Waals surface area contributed by atoms with Gasteiger partial charge in [-0.1, -0.05) is 26.0 Å². The van der Waals surface area contributed by atoms with Crippen LogP contribution in [0.2, 0.25) is 0 Å². The van der Waals surface area contributed by atoms with Gasteiger partial charge in [0.15, 0.2) is 0 Å². The summed E-state index contributed by atoms with van der Waals surface area (Å²) in [6.45, 7) is 4.49. The van der Waals surface area contributed by atoms with Crippen molar-refractivity contribution in [1.29, 1.82) is 0 Å². The third kappa shape index (κ3) is 2.61. The summed E-state index contributed by atoms with van der Waals surface area (Å²) in [5.41, 5.74) is 2.85. The maximum atomic E-state index is 11.1. The van der Waals surface area contributed by atoms with Crippen molar-refractivity contribution < 1.29 is 14.6 Å². The second-order valence-corrected chi connectivity index (χ2v) is 6.70. The van der Waals surface area contributed by atoms with Crippen LogP contribution in [0.3, 0.4) is 0 Å². The van der Waals surface area contributed by atoms with Gasteiger partial charge in [0.25, 0.3) is 0 Å². The fourth-order valence-electron chi connectivity index (χ4n) is 2.67. The van der Waals surface area contributed by atoms with E-state index in [1.807, 2.05) is 37.4 Å². The summed E-state index contributed by atoms with van der Waals surface area (Å²) in [5, 5.41) is 15.8. The Labute approximate surface area is 127 Å². The van der Waals surface area contributed by atoms with Crippen molar-refractivity contribution in [3.8, 4) is 16.9 Å². The molecule has 0 fully saturated rings. The molecular weight excluding hydrogens is 286 g/mol. The molecule has 21 heavy (non-hydrogen) atoms. The van der Waals surface area contributed by atoms with Gasteiger partial charge in [0.1, 0.15) is 5.75 Å². The maximum Gasteiger partial charge on any atom is 0.405 e. The fourth-order valence-corrected chi connectivity index (χ4v) is 3.34. The highest BCUT2D eigenvalue weighted by Gasteiger charge is 2.38. The molecule has 3 rings (SSSR count). The number of hydrogen-bond donors (Lipinski definition) is 2. The van der Waals surface area contributed by atoms with Gasteiger partial charge in [-0.25, -0.2) is 4.79 Å². The van der Waals surface area contributed by atoms with Crippen LogP contribution in [0.25, 0.3) is 11.1 Å². The molecule has 1 aliphatic heterocycles. The van der Waals surface area contributed by atoms with Crippen molar-refractivity contribution in [1.82, 2.24) is 5.32 Å². The van der Waals surface area contributed by atoms with Crippen molar-refractivity contribution in [3.63, 3.8) is 0 Å². The van der Waals surface area contributed by atoms with Crippen LogP contribution < -0.4 is 10.1 Å². The predicted molar refractivity (Wildman–Crippen MR) is 82.9 cm³/mol. The second kappa shape index (κ2) is 5.07. The summed E-state index contributed by atoms with van der Waals surface area (Å²) in [7, 11) is 0. The zero-order valence-corrected chi connectivity index (χ0v) is 12.7. The lowest BCUT2D eigenvalue weighted by Crippen LogP contribution is -2.43. The van der Waals surface area contributed by atoms with Gasteiger partial charge < -0.3 is 15.2 Å². The van der Waals surface area contributed by atoms with Crippen molar-refractivity contribution >= 4 is 17.4 Å². The summed E-state index contributed by atoms with van der Waals surface area (Å²) < 4.78 is 5.86. The minimum absolute atomic E-state index is 0.268. The molecule has 1 atom stereocenters. The minimum Gasteiger partial charge on any atom is -0.493 e. The van der Waals surface area contributed by atoms with Crippen LogP contribution in [0.4, 0.5) is 4.79 Å². The molecule has 1 unspecified atom stereocenters. The SMILES string of the molecule is CC1(C)COc2cc(-c3ccsc3)ccc2C1NC(=O)O. The number of hydrogen-bond acceptors (Lipinski definition) is 3. The average molecular weight is 303 g/mol. The molecule has 110 valence electrons. The molecule has 1 aromatic carbocycles. The Morgan fingerprint density at radius 1 is 1.38 bits per heavy atom. The highest BCUT2D eigenvalue weighted by Crippen LogP contribution is 2.44. The molecule has 0 saturated carbocycles. The largest absolute Gasteiger partial charge is 0.493 e. The van der Waals surface area contributed by atoms with Crippen LogP contribution in [0.5, 0.6) is 5.75 Å².